The monoisotopic (exact) mass is 1020 g/mol. The van der Waals surface area contributed by atoms with Crippen LogP contribution in [0.1, 0.15) is 97.2 Å². The molecule has 0 fully saturated rings. The third-order valence-corrected chi connectivity index (χ3v) is 15.6. The highest BCUT2D eigenvalue weighted by Gasteiger charge is 2.20. The van der Waals surface area contributed by atoms with Gasteiger partial charge in [-0.05, 0) is 146 Å². The summed E-state index contributed by atoms with van der Waals surface area (Å²) in [7, 11) is 0. The molecule has 0 aliphatic heterocycles. The molecule has 76 heavy (non-hydrogen) atoms. The lowest BCUT2D eigenvalue weighted by Crippen LogP contribution is -2.09. The highest BCUT2D eigenvalue weighted by Crippen LogP contribution is 2.40. The third kappa shape index (κ3) is 13.0. The summed E-state index contributed by atoms with van der Waals surface area (Å²) >= 11 is 3.21. The number of aryl methyl sites for hydroxylation is 2. The molecule has 0 unspecified atom stereocenters. The Bertz CT molecular complexity index is 3210. The van der Waals surface area contributed by atoms with Crippen molar-refractivity contribution in [1.29, 1.82) is 0 Å². The predicted octanol–water partition coefficient (Wildman–Crippen LogP) is 19.6. The molecule has 0 aliphatic carbocycles. The average Bonchev–Trinajstić information content (AvgIpc) is 4.13. The standard InChI is InChI=1S/C70H62N4S2/c1-3-5-7-13-23-53-33-43-57(44-34-53)67-65(51-41-55-37-47-63(48-38-55)73(59-25-15-9-16-26-59)60-27-17-10-18-28-60)75-69(71-67)70-72-68(58-45-35-54(36-46-58)24-14-8-6-4-2)66(76-70)52-42-56-39-49-64(50-40-56)74(61-29-19-11-20-30-61)62-31-21-12-22-32-62/h9-12,15-22,25-40,43-50H,3-8,13-14,23-24H2,1-2H3. The lowest BCUT2D eigenvalue weighted by Gasteiger charge is -2.25. The lowest BCUT2D eigenvalue weighted by atomic mass is 10.0. The van der Waals surface area contributed by atoms with E-state index in [1.165, 1.54) is 62.5 Å². The van der Waals surface area contributed by atoms with Crippen LogP contribution in [0.2, 0.25) is 0 Å². The summed E-state index contributed by atoms with van der Waals surface area (Å²) in [6, 6.07) is 76.9. The van der Waals surface area contributed by atoms with Crippen molar-refractivity contribution < 1.29 is 0 Å². The van der Waals surface area contributed by atoms with E-state index >= 15 is 0 Å². The van der Waals surface area contributed by atoms with Crippen LogP contribution in [0.15, 0.2) is 218 Å². The number of unbranched alkanes of at least 4 members (excludes halogenated alkanes) is 6. The van der Waals surface area contributed by atoms with Crippen LogP contribution in [-0.2, 0) is 12.8 Å². The molecule has 8 aromatic carbocycles. The van der Waals surface area contributed by atoms with E-state index in [1.807, 2.05) is 0 Å². The van der Waals surface area contributed by atoms with E-state index in [0.29, 0.717) is 0 Å². The second kappa shape index (κ2) is 25.8. The van der Waals surface area contributed by atoms with E-state index in [9.17, 15) is 0 Å². The molecule has 0 N–H and O–H groups in total. The van der Waals surface area contributed by atoms with Crippen molar-refractivity contribution in [3.05, 3.63) is 250 Å². The number of para-hydroxylation sites is 4. The fourth-order valence-corrected chi connectivity index (χ4v) is 11.3. The molecular formula is C70H62N4S2. The predicted molar refractivity (Wildman–Crippen MR) is 324 cm³/mol. The minimum absolute atomic E-state index is 0.831. The Morgan fingerprint density at radius 1 is 0.329 bits per heavy atom. The van der Waals surface area contributed by atoms with Gasteiger partial charge in [-0.2, -0.15) is 0 Å². The molecule has 6 heteroatoms. The van der Waals surface area contributed by atoms with Crippen molar-refractivity contribution >= 4 is 56.8 Å². The van der Waals surface area contributed by atoms with Gasteiger partial charge in [-0.3, -0.25) is 0 Å². The quantitative estimate of drug-likeness (QED) is 0.0597. The van der Waals surface area contributed by atoms with Gasteiger partial charge in [0.15, 0.2) is 10.0 Å². The molecule has 10 rings (SSSR count). The number of anilines is 6. The fraction of sp³-hybridized carbons (Fsp3) is 0.171. The zero-order valence-electron chi connectivity index (χ0n) is 43.5. The van der Waals surface area contributed by atoms with Crippen LogP contribution >= 0.6 is 22.7 Å². The highest BCUT2D eigenvalue weighted by molar-refractivity contribution is 7.22. The number of benzene rings is 8. The Hall–Kier alpha value is -8.26. The maximum Gasteiger partial charge on any atom is 0.154 e. The molecule has 4 nitrogen and oxygen atoms in total. The Morgan fingerprint density at radius 2 is 0.645 bits per heavy atom. The first-order valence-electron chi connectivity index (χ1n) is 26.9. The molecule has 0 aliphatic rings. The van der Waals surface area contributed by atoms with Crippen molar-refractivity contribution in [3.8, 4) is 56.2 Å². The molecule has 0 radical (unpaired) electrons. The number of thiazole rings is 2. The first-order valence-corrected chi connectivity index (χ1v) is 28.5. The minimum Gasteiger partial charge on any atom is -0.311 e. The van der Waals surface area contributed by atoms with Gasteiger partial charge in [-0.25, -0.2) is 9.97 Å². The van der Waals surface area contributed by atoms with Crippen molar-refractivity contribution in [2.45, 2.75) is 78.1 Å². The number of hydrogen-bond donors (Lipinski definition) is 0. The van der Waals surface area contributed by atoms with E-state index in [1.54, 1.807) is 22.7 Å². The minimum atomic E-state index is 0.831. The molecule has 2 aromatic heterocycles. The SMILES string of the molecule is CCCCCCc1ccc(-c2nc(-c3nc(-c4ccc(CCCCCC)cc4)c(C#Cc4ccc(N(c5ccccc5)c5ccccc5)cc4)s3)sc2C#Cc2ccc(N(c3ccccc3)c3ccccc3)cc2)cc1. The molecule has 2 heterocycles. The first kappa shape index (κ1) is 51.2. The average molecular weight is 1020 g/mol. The first-order chi connectivity index (χ1) is 37.6. The van der Waals surface area contributed by atoms with Gasteiger partial charge in [0.1, 0.15) is 9.75 Å². The fourth-order valence-electron chi connectivity index (χ4n) is 9.40. The summed E-state index contributed by atoms with van der Waals surface area (Å²) in [4.78, 5) is 17.1. The number of aromatic nitrogens is 2. The Kier molecular flexibility index (Phi) is 17.4. The van der Waals surface area contributed by atoms with Gasteiger partial charge in [0.2, 0.25) is 0 Å². The van der Waals surface area contributed by atoms with Gasteiger partial charge in [0.25, 0.3) is 0 Å². The van der Waals surface area contributed by atoms with Gasteiger partial charge >= 0.3 is 0 Å². The van der Waals surface area contributed by atoms with Gasteiger partial charge in [-0.15, -0.1) is 22.7 Å². The topological polar surface area (TPSA) is 32.3 Å². The van der Waals surface area contributed by atoms with E-state index < -0.39 is 0 Å². The largest absolute Gasteiger partial charge is 0.311 e. The zero-order valence-corrected chi connectivity index (χ0v) is 45.1. The van der Waals surface area contributed by atoms with E-state index in [0.717, 1.165) is 100 Å². The third-order valence-electron chi connectivity index (χ3n) is 13.5. The summed E-state index contributed by atoms with van der Waals surface area (Å²) in [5.74, 6) is 14.2. The normalized spacial score (nSPS) is 10.8. The Balaban J connectivity index is 1.00. The second-order valence-corrected chi connectivity index (χ2v) is 21.0. The molecule has 374 valence electrons. The Morgan fingerprint density at radius 3 is 0.961 bits per heavy atom. The Labute approximate surface area is 458 Å². The van der Waals surface area contributed by atoms with Crippen molar-refractivity contribution in [2.24, 2.45) is 0 Å². The van der Waals surface area contributed by atoms with Crippen LogP contribution in [-0.4, -0.2) is 9.97 Å². The lowest BCUT2D eigenvalue weighted by molar-refractivity contribution is 0.667. The molecule has 0 bridgehead atoms. The molecule has 0 saturated heterocycles. The molecule has 0 amide bonds. The van der Waals surface area contributed by atoms with Crippen molar-refractivity contribution in [3.63, 3.8) is 0 Å². The number of rotatable bonds is 19. The molecular weight excluding hydrogens is 961 g/mol. The summed E-state index contributed by atoms with van der Waals surface area (Å²) in [5.41, 5.74) is 14.9. The zero-order chi connectivity index (χ0) is 51.7. The van der Waals surface area contributed by atoms with Crippen LogP contribution in [0.4, 0.5) is 34.1 Å². The van der Waals surface area contributed by atoms with Crippen LogP contribution < -0.4 is 9.80 Å². The van der Waals surface area contributed by atoms with E-state index in [4.69, 9.17) is 9.97 Å². The molecule has 10 aromatic rings. The molecule has 0 spiro atoms. The van der Waals surface area contributed by atoms with Gasteiger partial charge in [0.05, 0.1) is 11.4 Å². The summed E-state index contributed by atoms with van der Waals surface area (Å²) in [6.45, 7) is 4.52. The van der Waals surface area contributed by atoms with Gasteiger partial charge < -0.3 is 9.80 Å². The van der Waals surface area contributed by atoms with Crippen LogP contribution in [0.25, 0.3) is 32.5 Å². The van der Waals surface area contributed by atoms with Crippen molar-refractivity contribution in [1.82, 2.24) is 9.97 Å². The number of hydrogen-bond acceptors (Lipinski definition) is 6. The van der Waals surface area contributed by atoms with Gasteiger partial charge in [-0.1, -0.05) is 186 Å². The van der Waals surface area contributed by atoms with Gasteiger partial charge in [0, 0.05) is 56.4 Å². The molecule has 0 atom stereocenters. The maximum atomic E-state index is 5.39. The summed E-state index contributed by atoms with van der Waals surface area (Å²) < 4.78 is 0. The maximum absolute atomic E-state index is 5.39. The number of nitrogens with zero attached hydrogens (tertiary/aromatic N) is 4. The van der Waals surface area contributed by atoms with Crippen molar-refractivity contribution in [2.75, 3.05) is 9.80 Å². The van der Waals surface area contributed by atoms with E-state index in [-0.39, 0.29) is 0 Å². The smallest absolute Gasteiger partial charge is 0.154 e. The second-order valence-electron chi connectivity index (χ2n) is 19.0. The summed E-state index contributed by atoms with van der Waals surface area (Å²) in [6.07, 6.45) is 12.1. The summed E-state index contributed by atoms with van der Waals surface area (Å²) in [5, 5.41) is 1.66. The molecule has 0 saturated carbocycles. The van der Waals surface area contributed by atoms with Crippen LogP contribution in [0, 0.1) is 23.7 Å². The highest BCUT2D eigenvalue weighted by atomic mass is 32.1. The van der Waals surface area contributed by atoms with Crippen LogP contribution in [0.5, 0.6) is 0 Å². The van der Waals surface area contributed by atoms with Crippen LogP contribution in [0.3, 0.4) is 0 Å². The van der Waals surface area contributed by atoms with E-state index in [2.05, 4.69) is 266 Å².